The molecule has 0 aromatic heterocycles. The first kappa shape index (κ1) is 11.9. The van der Waals surface area contributed by atoms with E-state index in [4.69, 9.17) is 0 Å². The Balaban J connectivity index is 2.40. The molecule has 0 heterocycles. The molecule has 0 atom stereocenters. The van der Waals surface area contributed by atoms with E-state index in [1.165, 1.54) is 37.7 Å². The van der Waals surface area contributed by atoms with Crippen molar-refractivity contribution >= 4 is 33.2 Å². The van der Waals surface area contributed by atoms with E-state index in [0.717, 1.165) is 10.8 Å². The van der Waals surface area contributed by atoms with E-state index in [1.807, 2.05) is 18.2 Å². The van der Waals surface area contributed by atoms with Crippen LogP contribution in [0.4, 0.5) is 0 Å². The number of rotatable bonds is 2. The first-order valence-electron chi connectivity index (χ1n) is 5.78. The van der Waals surface area contributed by atoms with Crippen molar-refractivity contribution in [3.63, 3.8) is 0 Å². The molecule has 0 N–H and O–H groups in total. The van der Waals surface area contributed by atoms with Crippen LogP contribution in [0.15, 0.2) is 18.2 Å². The minimum Gasteiger partial charge on any atom is -0.282 e. The van der Waals surface area contributed by atoms with Gasteiger partial charge in [0.1, 0.15) is 0 Å². The average molecular weight is 247 g/mol. The predicted octanol–water partition coefficient (Wildman–Crippen LogP) is 2.60. The molecular formula is C13H15OSSi. The van der Waals surface area contributed by atoms with Gasteiger partial charge in [0, 0.05) is 5.56 Å². The third kappa shape index (κ3) is 2.41. The smallest absolute Gasteiger partial charge is 0.216 e. The topological polar surface area (TPSA) is 17.1 Å². The van der Waals surface area contributed by atoms with Crippen molar-refractivity contribution in [3.8, 4) is 0 Å². The summed E-state index contributed by atoms with van der Waals surface area (Å²) < 4.78 is 0. The minimum absolute atomic E-state index is 0.124. The zero-order valence-electron chi connectivity index (χ0n) is 9.20. The zero-order chi connectivity index (χ0) is 11.5. The van der Waals surface area contributed by atoms with Crippen molar-refractivity contribution in [1.29, 1.82) is 0 Å². The lowest BCUT2D eigenvalue weighted by molar-refractivity contribution is 0.109. The van der Waals surface area contributed by atoms with Gasteiger partial charge in [-0.05, 0) is 24.3 Å². The van der Waals surface area contributed by atoms with E-state index < -0.39 is 0 Å². The molecule has 0 saturated heterocycles. The lowest BCUT2D eigenvalue weighted by Crippen LogP contribution is -2.20. The molecule has 1 aromatic rings. The van der Waals surface area contributed by atoms with E-state index in [2.05, 4.69) is 22.9 Å². The van der Waals surface area contributed by atoms with E-state index in [0.29, 0.717) is 5.92 Å². The predicted molar refractivity (Wildman–Crippen MR) is 71.0 cm³/mol. The van der Waals surface area contributed by atoms with Crippen molar-refractivity contribution in [3.05, 3.63) is 29.3 Å². The van der Waals surface area contributed by atoms with Crippen LogP contribution in [0.1, 0.15) is 53.9 Å². The monoisotopic (exact) mass is 247 g/mol. The van der Waals surface area contributed by atoms with Crippen LogP contribution in [0, 0.1) is 0 Å². The van der Waals surface area contributed by atoms with Crippen molar-refractivity contribution < 1.29 is 4.79 Å². The van der Waals surface area contributed by atoms with Crippen LogP contribution in [0.5, 0.6) is 0 Å². The Bertz CT molecular complexity index is 397. The van der Waals surface area contributed by atoms with Gasteiger partial charge >= 0.3 is 0 Å². The summed E-state index contributed by atoms with van der Waals surface area (Å²) in [6.07, 6.45) is 6.24. The summed E-state index contributed by atoms with van der Waals surface area (Å²) in [5, 5.41) is 0.924. The van der Waals surface area contributed by atoms with E-state index in [-0.39, 0.29) is 5.12 Å². The number of thiol groups is 1. The van der Waals surface area contributed by atoms with Crippen LogP contribution < -0.4 is 5.19 Å². The summed E-state index contributed by atoms with van der Waals surface area (Å²) in [5.74, 6) is 0.522. The number of hydrogen-bond donors (Lipinski definition) is 1. The Labute approximate surface area is 105 Å². The molecule has 1 saturated carbocycles. The Kier molecular flexibility index (Phi) is 3.87. The van der Waals surface area contributed by atoms with Crippen LogP contribution in [-0.2, 0) is 0 Å². The fourth-order valence-corrected chi connectivity index (χ4v) is 3.21. The van der Waals surface area contributed by atoms with Gasteiger partial charge in [-0.15, -0.1) is 12.6 Å². The van der Waals surface area contributed by atoms with Gasteiger partial charge in [-0.3, -0.25) is 4.79 Å². The molecule has 1 fully saturated rings. The van der Waals surface area contributed by atoms with Gasteiger partial charge in [0.2, 0.25) is 5.12 Å². The third-order valence-electron chi connectivity index (χ3n) is 3.35. The zero-order valence-corrected chi connectivity index (χ0v) is 11.1. The summed E-state index contributed by atoms with van der Waals surface area (Å²) in [7, 11) is 3.62. The molecule has 16 heavy (non-hydrogen) atoms. The van der Waals surface area contributed by atoms with Crippen LogP contribution in [0.2, 0.25) is 0 Å². The summed E-state index contributed by atoms with van der Waals surface area (Å²) in [4.78, 5) is 11.5. The highest BCUT2D eigenvalue weighted by Crippen LogP contribution is 2.33. The first-order chi connectivity index (χ1) is 7.70. The van der Waals surface area contributed by atoms with Crippen molar-refractivity contribution in [2.75, 3.05) is 0 Å². The van der Waals surface area contributed by atoms with Crippen LogP contribution in [0.3, 0.4) is 0 Å². The Morgan fingerprint density at radius 3 is 2.56 bits per heavy atom. The molecule has 0 bridgehead atoms. The highest BCUT2D eigenvalue weighted by atomic mass is 32.1. The molecule has 0 amide bonds. The van der Waals surface area contributed by atoms with Gasteiger partial charge in [0.25, 0.3) is 0 Å². The lowest BCUT2D eigenvalue weighted by atomic mass is 9.82. The van der Waals surface area contributed by atoms with E-state index >= 15 is 0 Å². The van der Waals surface area contributed by atoms with Gasteiger partial charge in [-0.1, -0.05) is 42.6 Å². The van der Waals surface area contributed by atoms with Crippen molar-refractivity contribution in [1.82, 2.24) is 0 Å². The van der Waals surface area contributed by atoms with E-state index in [9.17, 15) is 4.79 Å². The Morgan fingerprint density at radius 1 is 1.25 bits per heavy atom. The Hall–Kier alpha value is -0.543. The fraction of sp³-hybridized carbons (Fsp3) is 0.462. The first-order valence-corrected chi connectivity index (χ1v) is 6.72. The van der Waals surface area contributed by atoms with Crippen LogP contribution in [-0.4, -0.2) is 15.4 Å². The second-order valence-corrected chi connectivity index (χ2v) is 5.35. The summed E-state index contributed by atoms with van der Waals surface area (Å²) in [6, 6.07) is 5.79. The molecule has 1 aliphatic rings. The maximum atomic E-state index is 11.5. The second-order valence-electron chi connectivity index (χ2n) is 4.41. The highest BCUT2D eigenvalue weighted by Gasteiger charge is 2.21. The molecule has 1 aliphatic carbocycles. The fourth-order valence-electron chi connectivity index (χ4n) is 2.58. The largest absolute Gasteiger partial charge is 0.282 e. The molecular weight excluding hydrogens is 232 g/mol. The number of hydrogen-bond acceptors (Lipinski definition) is 1. The molecule has 2 rings (SSSR count). The van der Waals surface area contributed by atoms with Crippen LogP contribution >= 0.6 is 12.6 Å². The maximum Gasteiger partial charge on any atom is 0.216 e. The van der Waals surface area contributed by atoms with Crippen molar-refractivity contribution in [2.45, 2.75) is 38.0 Å². The number of benzene rings is 1. The molecule has 1 nitrogen and oxygen atoms in total. The normalized spacial score (nSPS) is 17.4. The molecule has 0 unspecified atom stereocenters. The van der Waals surface area contributed by atoms with E-state index in [1.54, 1.807) is 0 Å². The molecule has 3 heteroatoms. The molecule has 0 aliphatic heterocycles. The van der Waals surface area contributed by atoms with Crippen molar-refractivity contribution in [2.24, 2.45) is 0 Å². The summed E-state index contributed by atoms with van der Waals surface area (Å²) in [6.45, 7) is 0. The van der Waals surface area contributed by atoms with Gasteiger partial charge in [-0.2, -0.15) is 0 Å². The summed E-state index contributed by atoms with van der Waals surface area (Å²) in [5.41, 5.74) is 1.93. The molecule has 83 valence electrons. The minimum atomic E-state index is -0.124. The summed E-state index contributed by atoms with van der Waals surface area (Å²) >= 11 is 3.96. The van der Waals surface area contributed by atoms with Crippen LogP contribution in [0.25, 0.3) is 0 Å². The second kappa shape index (κ2) is 5.19. The number of carbonyl (C=O) groups is 1. The molecule has 3 radical (unpaired) electrons. The van der Waals surface area contributed by atoms with Gasteiger partial charge in [-0.25, -0.2) is 0 Å². The third-order valence-corrected chi connectivity index (χ3v) is 4.03. The van der Waals surface area contributed by atoms with Gasteiger partial charge in [0.05, 0.1) is 10.2 Å². The quantitative estimate of drug-likeness (QED) is 0.628. The standard InChI is InChI=1S/C13H15OSSi/c14-13(15)10-7-4-8-11(16)12(10)9-5-2-1-3-6-9/h4,7-9H,1-3,5-6H2,(H,14,15). The van der Waals surface area contributed by atoms with Gasteiger partial charge in [0.15, 0.2) is 0 Å². The maximum absolute atomic E-state index is 11.5. The highest BCUT2D eigenvalue weighted by molar-refractivity contribution is 7.97. The SMILES string of the molecule is O=C(S)c1cccc([Si])c1C1CCCCC1. The lowest BCUT2D eigenvalue weighted by Gasteiger charge is -2.25. The number of carbonyl (C=O) groups excluding carboxylic acids is 1. The average Bonchev–Trinajstić information content (AvgIpc) is 2.29. The van der Waals surface area contributed by atoms with Gasteiger partial charge < -0.3 is 0 Å². The molecule has 1 aromatic carbocycles. The Morgan fingerprint density at radius 2 is 1.94 bits per heavy atom. The molecule has 0 spiro atoms.